The number of rotatable bonds is 10. The van der Waals surface area contributed by atoms with Gasteiger partial charge < -0.3 is 28.7 Å². The minimum atomic E-state index is -2.85. The van der Waals surface area contributed by atoms with E-state index in [1.54, 1.807) is 0 Å². The highest BCUT2D eigenvalue weighted by molar-refractivity contribution is 7.00. The number of carboxylic acid groups (broad SMARTS) is 1. The molecule has 6 bridgehead atoms. The highest BCUT2D eigenvalue weighted by atomic mass is 28.4. The summed E-state index contributed by atoms with van der Waals surface area (Å²) in [6.07, 6.45) is 3.34. The van der Waals surface area contributed by atoms with Gasteiger partial charge in [0.2, 0.25) is 0 Å². The minimum absolute atomic E-state index is 0. The Morgan fingerprint density at radius 3 is 1.26 bits per heavy atom. The second-order valence-electron chi connectivity index (χ2n) is 27.6. The molecule has 8 unspecified atom stereocenters. The summed E-state index contributed by atoms with van der Waals surface area (Å²) in [5.74, 6) is 0.277. The van der Waals surface area contributed by atoms with Crippen LogP contribution in [0, 0.1) is 11.8 Å². The van der Waals surface area contributed by atoms with E-state index in [9.17, 15) is 9.59 Å². The number of benzene rings is 5. The molecule has 0 aliphatic carbocycles. The number of aliphatic carboxylic acids is 1. The topological polar surface area (TPSA) is 130 Å². The zero-order valence-electron chi connectivity index (χ0n) is 50.3. The van der Waals surface area contributed by atoms with Gasteiger partial charge in [0.15, 0.2) is 0 Å². The van der Waals surface area contributed by atoms with Crippen molar-refractivity contribution in [2.24, 2.45) is 11.8 Å². The first kappa shape index (κ1) is 62.4. The molecule has 6 aliphatic heterocycles. The van der Waals surface area contributed by atoms with Gasteiger partial charge in [-0.15, -0.1) is 0 Å². The fraction of sp³-hybridized carbons (Fsp3) is 0.515. The van der Waals surface area contributed by atoms with Crippen molar-refractivity contribution in [1.82, 2.24) is 20.0 Å². The molecular weight excluding hydrogens is 1060 g/mol. The molecule has 82 heavy (non-hydrogen) atoms. The summed E-state index contributed by atoms with van der Waals surface area (Å²) in [5.41, 5.74) is 0.232. The summed E-state index contributed by atoms with van der Waals surface area (Å²) in [4.78, 5) is 43.1. The standard InChI is InChI=1S/C36H46N2O3Si.C29H40N2O3Si.C2H4O2.CH4/c1-35(2,3)40-34(39)38-30-22-27-23-31(38)33(32(30)37(25-27)24-26-16-10-7-11-17-26)41-42(36(4,5)6,28-18-12-8-13-19-28)29-20-14-9-15-21-29;1-28(2,3)33-27(32)31-23-17-20-18-24(31)26(25(23)30-19-20)34-35(29(4,5)6,21-13-9-7-10-14-21)22-15-11-8-12-16-22;1-2(3)4;/h7-21,27,30-33H,22-25H2,1-6H3;7-16,20,23-26,30H,17-19H2,1-6H3;1H3,(H,3,4);1H4/t27?,30?,31?,32?,33-;20?,23?,24?,25?,26-;;/m00../s1. The molecule has 12 nitrogen and oxygen atoms in total. The molecule has 14 heteroatoms. The summed E-state index contributed by atoms with van der Waals surface area (Å²) >= 11 is 0. The maximum Gasteiger partial charge on any atom is 0.410 e. The van der Waals surface area contributed by atoms with Crippen LogP contribution in [0.4, 0.5) is 9.59 Å². The predicted octanol–water partition coefficient (Wildman–Crippen LogP) is 11.2. The third-order valence-corrected chi connectivity index (χ3v) is 27.5. The first-order chi connectivity index (χ1) is 38.2. The van der Waals surface area contributed by atoms with Crippen molar-refractivity contribution < 1.29 is 37.8 Å². The van der Waals surface area contributed by atoms with Crippen molar-refractivity contribution in [3.8, 4) is 0 Å². The van der Waals surface area contributed by atoms with Crippen LogP contribution < -0.4 is 26.1 Å². The lowest BCUT2D eigenvalue weighted by Gasteiger charge is -2.47. The van der Waals surface area contributed by atoms with E-state index in [-0.39, 0.29) is 78.1 Å². The molecule has 2 amide bonds. The van der Waals surface area contributed by atoms with E-state index in [0.717, 1.165) is 52.2 Å². The summed E-state index contributed by atoms with van der Waals surface area (Å²) in [6.45, 7) is 29.6. The number of carbonyl (C=O) groups is 3. The third-order valence-electron chi connectivity index (χ3n) is 17.4. The smallest absolute Gasteiger partial charge is 0.410 e. The van der Waals surface area contributed by atoms with Crippen LogP contribution >= 0.6 is 0 Å². The number of nitrogens with zero attached hydrogens (tertiary/aromatic N) is 3. The molecule has 2 N–H and O–H groups in total. The molecule has 6 aliphatic rings. The Hall–Kier alpha value is -5.62. The third kappa shape index (κ3) is 12.7. The molecule has 6 heterocycles. The Morgan fingerprint density at radius 1 is 0.512 bits per heavy atom. The van der Waals surface area contributed by atoms with E-state index in [0.29, 0.717) is 11.8 Å². The summed E-state index contributed by atoms with van der Waals surface area (Å²) in [7, 11) is -5.60. The Labute approximate surface area is 492 Å². The lowest BCUT2D eigenvalue weighted by atomic mass is 9.86. The van der Waals surface area contributed by atoms with Crippen LogP contribution in [0.1, 0.15) is 129 Å². The first-order valence-electron chi connectivity index (χ1n) is 29.5. The number of amides is 2. The highest BCUT2D eigenvalue weighted by Gasteiger charge is 2.65. The lowest BCUT2D eigenvalue weighted by Crippen LogP contribution is -2.69. The van der Waals surface area contributed by atoms with Crippen LogP contribution in [0.3, 0.4) is 0 Å². The van der Waals surface area contributed by atoms with Crippen LogP contribution in [-0.4, -0.2) is 127 Å². The molecule has 0 spiro atoms. The van der Waals surface area contributed by atoms with Crippen molar-refractivity contribution in [3.05, 3.63) is 157 Å². The number of hydrogen-bond donors (Lipinski definition) is 2. The van der Waals surface area contributed by atoms with E-state index in [1.807, 2.05) is 46.4 Å². The molecule has 442 valence electrons. The number of nitrogens with one attached hydrogen (secondary N) is 1. The molecule has 0 radical (unpaired) electrons. The second kappa shape index (κ2) is 24.5. The van der Waals surface area contributed by atoms with Crippen LogP contribution in [0.5, 0.6) is 0 Å². The van der Waals surface area contributed by atoms with Crippen molar-refractivity contribution in [1.29, 1.82) is 0 Å². The molecule has 5 aromatic carbocycles. The zero-order chi connectivity index (χ0) is 58.3. The quantitative estimate of drug-likeness (QED) is 0.130. The van der Waals surface area contributed by atoms with E-state index in [1.165, 1.54) is 26.3 Å². The average molecular weight is 1150 g/mol. The monoisotopic (exact) mass is 1150 g/mol. The second-order valence-corrected chi connectivity index (χ2v) is 36.1. The lowest BCUT2D eigenvalue weighted by molar-refractivity contribution is -0.134. The number of carboxylic acids is 1. The highest BCUT2D eigenvalue weighted by Crippen LogP contribution is 2.51. The zero-order valence-corrected chi connectivity index (χ0v) is 52.3. The molecule has 11 rings (SSSR count). The Bertz CT molecular complexity index is 2830. The number of fused-ring (bicyclic) bond motifs is 4. The Balaban J connectivity index is 0.000000202. The molecular formula is C68H94N4O8Si2. The van der Waals surface area contributed by atoms with Gasteiger partial charge in [0, 0.05) is 20.0 Å². The maximum atomic E-state index is 13.9. The summed E-state index contributed by atoms with van der Waals surface area (Å²) in [6, 6.07) is 54.5. The van der Waals surface area contributed by atoms with Crippen molar-refractivity contribution >= 4 is 55.5 Å². The van der Waals surface area contributed by atoms with Gasteiger partial charge in [0.25, 0.3) is 22.6 Å². The van der Waals surface area contributed by atoms with Gasteiger partial charge >= 0.3 is 12.2 Å². The summed E-state index contributed by atoms with van der Waals surface area (Å²) in [5, 5.41) is 16.1. The molecule has 6 saturated heterocycles. The molecule has 0 aromatic heterocycles. The first-order valence-corrected chi connectivity index (χ1v) is 33.4. The van der Waals surface area contributed by atoms with E-state index < -0.39 is 33.8 Å². The fourth-order valence-electron chi connectivity index (χ4n) is 14.6. The van der Waals surface area contributed by atoms with Gasteiger partial charge in [0.05, 0.1) is 48.5 Å². The van der Waals surface area contributed by atoms with E-state index >= 15 is 0 Å². The van der Waals surface area contributed by atoms with Crippen LogP contribution in [0.15, 0.2) is 152 Å². The van der Waals surface area contributed by atoms with Crippen molar-refractivity contribution in [3.63, 3.8) is 0 Å². The SMILES string of the molecule is C.CC(=O)O.CC(C)(C)OC(=O)N1C2CC3CC1[C@H](O[Si](c1ccccc1)(c1ccccc1)C(C)(C)C)C2N(Cc1ccccc1)C3.CC(C)(C)OC(=O)N1C2CC3CNC2[C@@H](O[Si](c2ccccc2)(c2ccccc2)C(C)(C)C)C1C3. The number of carbonyl (C=O) groups excluding carboxylic acids is 2. The largest absolute Gasteiger partial charge is 0.481 e. The minimum Gasteiger partial charge on any atom is -0.481 e. The van der Waals surface area contributed by atoms with Gasteiger partial charge in [-0.1, -0.05) is 201 Å². The van der Waals surface area contributed by atoms with Crippen molar-refractivity contribution in [2.45, 2.75) is 199 Å². The maximum absolute atomic E-state index is 13.9. The Morgan fingerprint density at radius 2 is 0.854 bits per heavy atom. The van der Waals surface area contributed by atoms with Crippen LogP contribution in [0.2, 0.25) is 10.1 Å². The Kier molecular flexibility index (Phi) is 18.7. The van der Waals surface area contributed by atoms with Crippen molar-refractivity contribution in [2.75, 3.05) is 13.1 Å². The van der Waals surface area contributed by atoms with E-state index in [2.05, 4.69) is 208 Å². The van der Waals surface area contributed by atoms with Gasteiger partial charge in [-0.05, 0) is 122 Å². The van der Waals surface area contributed by atoms with Gasteiger partial charge in [0.1, 0.15) is 11.2 Å². The number of piperidine rings is 4. The van der Waals surface area contributed by atoms with Gasteiger partial charge in [-0.25, -0.2) is 9.59 Å². The number of hydrogen-bond acceptors (Lipinski definition) is 9. The van der Waals surface area contributed by atoms with E-state index in [4.69, 9.17) is 28.2 Å². The van der Waals surface area contributed by atoms with Crippen LogP contribution in [-0.2, 0) is 29.7 Å². The molecule has 5 aromatic rings. The number of ether oxygens (including phenoxy) is 2. The van der Waals surface area contributed by atoms with Crippen LogP contribution in [0.25, 0.3) is 0 Å². The summed E-state index contributed by atoms with van der Waals surface area (Å²) < 4.78 is 27.5. The van der Waals surface area contributed by atoms with Gasteiger partial charge in [-0.2, -0.15) is 0 Å². The fourth-order valence-corrected chi connectivity index (χ4v) is 24.1. The predicted molar refractivity (Wildman–Crippen MR) is 334 cm³/mol. The average Bonchev–Trinajstić information content (AvgIpc) is 2.47. The normalized spacial score (nSPS) is 25.7. The molecule has 10 atom stereocenters. The molecule has 0 saturated carbocycles. The number of likely N-dealkylation sites (tertiary alicyclic amines) is 1. The molecule has 6 fully saturated rings. The van der Waals surface area contributed by atoms with Gasteiger partial charge in [-0.3, -0.25) is 19.5 Å².